The minimum Gasteiger partial charge on any atom is -0.393 e. The molecule has 1 heterocycles. The van der Waals surface area contributed by atoms with Crippen LogP contribution in [0.15, 0.2) is 0 Å². The molecule has 1 aliphatic rings. The Labute approximate surface area is 91.4 Å². The van der Waals surface area contributed by atoms with Crippen molar-refractivity contribution < 1.29 is 9.90 Å². The van der Waals surface area contributed by atoms with Crippen LogP contribution in [0.3, 0.4) is 0 Å². The van der Waals surface area contributed by atoms with Gasteiger partial charge in [-0.3, -0.25) is 4.79 Å². The summed E-state index contributed by atoms with van der Waals surface area (Å²) >= 11 is 0. The van der Waals surface area contributed by atoms with E-state index in [0.717, 1.165) is 25.9 Å². The van der Waals surface area contributed by atoms with Crippen molar-refractivity contribution in [3.05, 3.63) is 0 Å². The van der Waals surface area contributed by atoms with Crippen molar-refractivity contribution in [2.24, 2.45) is 5.92 Å². The molecule has 1 atom stereocenters. The maximum Gasteiger partial charge on any atom is 0.220 e. The van der Waals surface area contributed by atoms with Gasteiger partial charge in [0.25, 0.3) is 0 Å². The van der Waals surface area contributed by atoms with Crippen molar-refractivity contribution in [2.75, 3.05) is 19.6 Å². The lowest BCUT2D eigenvalue weighted by Gasteiger charge is -2.21. The number of rotatable bonds is 5. The summed E-state index contributed by atoms with van der Waals surface area (Å²) in [7, 11) is 0. The second-order valence-electron chi connectivity index (χ2n) is 4.39. The second kappa shape index (κ2) is 6.80. The van der Waals surface area contributed by atoms with Gasteiger partial charge >= 0.3 is 0 Å². The molecule has 0 bridgehead atoms. The molecule has 4 heteroatoms. The summed E-state index contributed by atoms with van der Waals surface area (Å²) < 4.78 is 0. The SMILES string of the molecule is CC(O)CCNC(=O)CC1CCNCC1. The standard InChI is InChI=1S/C11H22N2O2/c1-9(14)2-7-13-11(15)8-10-3-5-12-6-4-10/h9-10,12,14H,2-8H2,1H3,(H,13,15). The summed E-state index contributed by atoms with van der Waals surface area (Å²) in [5.74, 6) is 0.667. The third-order valence-corrected chi connectivity index (χ3v) is 2.82. The number of hydrogen-bond donors (Lipinski definition) is 3. The number of carbonyl (C=O) groups is 1. The molecule has 1 amide bonds. The molecule has 1 rings (SSSR count). The molecule has 0 radical (unpaired) electrons. The molecule has 88 valence electrons. The zero-order valence-corrected chi connectivity index (χ0v) is 9.46. The molecule has 4 nitrogen and oxygen atoms in total. The molecule has 3 N–H and O–H groups in total. The van der Waals surface area contributed by atoms with Crippen LogP contribution in [0.25, 0.3) is 0 Å². The Morgan fingerprint density at radius 2 is 2.20 bits per heavy atom. The Bertz CT molecular complexity index is 189. The minimum absolute atomic E-state index is 0.127. The predicted molar refractivity (Wildman–Crippen MR) is 59.5 cm³/mol. The molecule has 1 fully saturated rings. The first-order chi connectivity index (χ1) is 7.18. The molecule has 15 heavy (non-hydrogen) atoms. The van der Waals surface area contributed by atoms with Gasteiger partial charge in [0, 0.05) is 13.0 Å². The Morgan fingerprint density at radius 3 is 2.80 bits per heavy atom. The van der Waals surface area contributed by atoms with Gasteiger partial charge in [0.1, 0.15) is 0 Å². The normalized spacial score (nSPS) is 19.9. The van der Waals surface area contributed by atoms with Gasteiger partial charge < -0.3 is 15.7 Å². The number of amides is 1. The zero-order chi connectivity index (χ0) is 11.1. The van der Waals surface area contributed by atoms with Crippen LogP contribution in [0.2, 0.25) is 0 Å². The zero-order valence-electron chi connectivity index (χ0n) is 9.46. The van der Waals surface area contributed by atoms with E-state index in [-0.39, 0.29) is 12.0 Å². The van der Waals surface area contributed by atoms with E-state index in [2.05, 4.69) is 10.6 Å². The van der Waals surface area contributed by atoms with E-state index in [4.69, 9.17) is 5.11 Å². The number of carbonyl (C=O) groups excluding carboxylic acids is 1. The van der Waals surface area contributed by atoms with Crippen LogP contribution >= 0.6 is 0 Å². The Kier molecular flexibility index (Phi) is 5.65. The van der Waals surface area contributed by atoms with E-state index >= 15 is 0 Å². The van der Waals surface area contributed by atoms with Crippen LogP contribution in [0.5, 0.6) is 0 Å². The second-order valence-corrected chi connectivity index (χ2v) is 4.39. The third-order valence-electron chi connectivity index (χ3n) is 2.82. The van der Waals surface area contributed by atoms with Crippen molar-refractivity contribution in [3.8, 4) is 0 Å². The highest BCUT2D eigenvalue weighted by Crippen LogP contribution is 2.15. The number of nitrogens with one attached hydrogen (secondary N) is 2. The molecule has 1 aliphatic heterocycles. The van der Waals surface area contributed by atoms with Crippen molar-refractivity contribution in [3.63, 3.8) is 0 Å². The highest BCUT2D eigenvalue weighted by Gasteiger charge is 2.16. The van der Waals surface area contributed by atoms with E-state index in [1.165, 1.54) is 0 Å². The monoisotopic (exact) mass is 214 g/mol. The molecule has 0 saturated carbocycles. The van der Waals surface area contributed by atoms with Crippen molar-refractivity contribution in [1.29, 1.82) is 0 Å². The summed E-state index contributed by atoms with van der Waals surface area (Å²) in [6.07, 6.45) is 3.15. The van der Waals surface area contributed by atoms with Gasteiger partial charge in [-0.2, -0.15) is 0 Å². The number of aliphatic hydroxyl groups is 1. The highest BCUT2D eigenvalue weighted by molar-refractivity contribution is 5.76. The van der Waals surface area contributed by atoms with E-state index in [1.807, 2.05) is 0 Å². The van der Waals surface area contributed by atoms with Gasteiger partial charge in [0.15, 0.2) is 0 Å². The minimum atomic E-state index is -0.329. The van der Waals surface area contributed by atoms with E-state index < -0.39 is 0 Å². The van der Waals surface area contributed by atoms with Crippen molar-refractivity contribution >= 4 is 5.91 Å². The van der Waals surface area contributed by atoms with E-state index in [0.29, 0.717) is 25.3 Å². The largest absolute Gasteiger partial charge is 0.393 e. The highest BCUT2D eigenvalue weighted by atomic mass is 16.3. The van der Waals surface area contributed by atoms with Crippen LogP contribution in [0.1, 0.15) is 32.6 Å². The average Bonchev–Trinajstić information content (AvgIpc) is 2.18. The van der Waals surface area contributed by atoms with Crippen LogP contribution in [0.4, 0.5) is 0 Å². The van der Waals surface area contributed by atoms with E-state index in [9.17, 15) is 4.79 Å². The van der Waals surface area contributed by atoms with E-state index in [1.54, 1.807) is 6.92 Å². The first-order valence-corrected chi connectivity index (χ1v) is 5.84. The number of aliphatic hydroxyl groups excluding tert-OH is 1. The molecule has 0 aromatic rings. The Balaban J connectivity index is 2.06. The summed E-state index contributed by atoms with van der Waals surface area (Å²) in [5, 5.41) is 15.2. The van der Waals surface area contributed by atoms with Gasteiger partial charge in [-0.15, -0.1) is 0 Å². The topological polar surface area (TPSA) is 61.4 Å². The summed E-state index contributed by atoms with van der Waals surface area (Å²) in [5.41, 5.74) is 0. The third kappa shape index (κ3) is 5.74. The molecule has 1 unspecified atom stereocenters. The predicted octanol–water partition coefficient (Wildman–Crippen LogP) is 0.263. The molecule has 0 aromatic heterocycles. The number of piperidine rings is 1. The first-order valence-electron chi connectivity index (χ1n) is 5.84. The molecule has 0 aliphatic carbocycles. The van der Waals surface area contributed by atoms with Crippen LogP contribution < -0.4 is 10.6 Å². The van der Waals surface area contributed by atoms with Gasteiger partial charge in [-0.1, -0.05) is 0 Å². The quantitative estimate of drug-likeness (QED) is 0.615. The van der Waals surface area contributed by atoms with Gasteiger partial charge in [-0.05, 0) is 45.2 Å². The number of hydrogen-bond acceptors (Lipinski definition) is 3. The first kappa shape index (κ1) is 12.5. The molecule has 0 spiro atoms. The smallest absolute Gasteiger partial charge is 0.220 e. The van der Waals surface area contributed by atoms with Crippen molar-refractivity contribution in [1.82, 2.24) is 10.6 Å². The molecule has 0 aromatic carbocycles. The fourth-order valence-corrected chi connectivity index (χ4v) is 1.84. The maximum absolute atomic E-state index is 11.5. The van der Waals surface area contributed by atoms with Gasteiger partial charge in [0.2, 0.25) is 5.91 Å². The molecular formula is C11H22N2O2. The lowest BCUT2D eigenvalue weighted by Crippen LogP contribution is -2.33. The fraction of sp³-hybridized carbons (Fsp3) is 0.909. The lowest BCUT2D eigenvalue weighted by atomic mass is 9.94. The Morgan fingerprint density at radius 1 is 1.53 bits per heavy atom. The van der Waals surface area contributed by atoms with Crippen LogP contribution in [0, 0.1) is 5.92 Å². The average molecular weight is 214 g/mol. The Hall–Kier alpha value is -0.610. The summed E-state index contributed by atoms with van der Waals surface area (Å²) in [6.45, 7) is 4.39. The van der Waals surface area contributed by atoms with Gasteiger partial charge in [0.05, 0.1) is 6.10 Å². The lowest BCUT2D eigenvalue weighted by molar-refractivity contribution is -0.122. The maximum atomic E-state index is 11.5. The summed E-state index contributed by atoms with van der Waals surface area (Å²) in [6, 6.07) is 0. The molecular weight excluding hydrogens is 192 g/mol. The van der Waals surface area contributed by atoms with Crippen LogP contribution in [-0.2, 0) is 4.79 Å². The fourth-order valence-electron chi connectivity index (χ4n) is 1.84. The molecule has 1 saturated heterocycles. The van der Waals surface area contributed by atoms with Crippen molar-refractivity contribution in [2.45, 2.75) is 38.7 Å². The van der Waals surface area contributed by atoms with Crippen LogP contribution in [-0.4, -0.2) is 36.8 Å². The summed E-state index contributed by atoms with van der Waals surface area (Å²) in [4.78, 5) is 11.5. The van der Waals surface area contributed by atoms with Gasteiger partial charge in [-0.25, -0.2) is 0 Å².